The maximum atomic E-state index is 4.58. The monoisotopic (exact) mass is 345 g/mol. The maximum Gasteiger partial charge on any atom is 0.193 e. The summed E-state index contributed by atoms with van der Waals surface area (Å²) in [5.74, 6) is 1.31. The number of aromatic nitrogens is 4. The molecule has 0 amide bonds. The highest BCUT2D eigenvalue weighted by atomic mass is 15.3. The molecule has 0 aliphatic heterocycles. The van der Waals surface area contributed by atoms with Crippen molar-refractivity contribution in [2.75, 3.05) is 20.6 Å². The fourth-order valence-corrected chi connectivity index (χ4v) is 2.91. The molecule has 1 N–H and O–H groups in total. The first-order chi connectivity index (χ1) is 11.9. The van der Waals surface area contributed by atoms with Gasteiger partial charge in [-0.15, -0.1) is 0 Å². The molecule has 2 aromatic rings. The summed E-state index contributed by atoms with van der Waals surface area (Å²) >= 11 is 0. The van der Waals surface area contributed by atoms with Crippen molar-refractivity contribution in [1.82, 2.24) is 29.8 Å². The average Bonchev–Trinajstić information content (AvgIpc) is 3.13. The Morgan fingerprint density at radius 2 is 2.12 bits per heavy atom. The van der Waals surface area contributed by atoms with Gasteiger partial charge in [0.25, 0.3) is 0 Å². The van der Waals surface area contributed by atoms with Crippen LogP contribution in [0.2, 0.25) is 0 Å². The molecular formula is C18H31N7. The Balaban J connectivity index is 1.85. The fourth-order valence-electron chi connectivity index (χ4n) is 2.91. The lowest BCUT2D eigenvalue weighted by molar-refractivity contribution is 0.468. The Morgan fingerprint density at radius 1 is 1.36 bits per heavy atom. The normalized spacial score (nSPS) is 12.0. The van der Waals surface area contributed by atoms with Crippen LogP contribution >= 0.6 is 0 Å². The van der Waals surface area contributed by atoms with E-state index in [9.17, 15) is 0 Å². The molecular weight excluding hydrogens is 314 g/mol. The van der Waals surface area contributed by atoms with Gasteiger partial charge in [0, 0.05) is 58.7 Å². The Kier molecular flexibility index (Phi) is 6.61. The van der Waals surface area contributed by atoms with Crippen molar-refractivity contribution in [2.24, 2.45) is 12.0 Å². The Morgan fingerprint density at radius 3 is 2.72 bits per heavy atom. The van der Waals surface area contributed by atoms with Crippen molar-refractivity contribution in [1.29, 1.82) is 0 Å². The van der Waals surface area contributed by atoms with Gasteiger partial charge in [0.05, 0.1) is 11.9 Å². The van der Waals surface area contributed by atoms with Gasteiger partial charge in [-0.05, 0) is 24.8 Å². The highest BCUT2D eigenvalue weighted by Gasteiger charge is 2.14. The molecule has 0 unspecified atom stereocenters. The molecule has 0 saturated heterocycles. The molecule has 2 heterocycles. The van der Waals surface area contributed by atoms with Crippen molar-refractivity contribution in [3.8, 4) is 0 Å². The molecule has 2 rings (SSSR count). The van der Waals surface area contributed by atoms with E-state index in [0.29, 0.717) is 5.92 Å². The van der Waals surface area contributed by atoms with Crippen molar-refractivity contribution in [3.63, 3.8) is 0 Å². The van der Waals surface area contributed by atoms with Crippen LogP contribution in [0, 0.1) is 6.92 Å². The zero-order chi connectivity index (χ0) is 18.4. The van der Waals surface area contributed by atoms with Gasteiger partial charge in [0.15, 0.2) is 5.96 Å². The summed E-state index contributed by atoms with van der Waals surface area (Å²) in [5, 5.41) is 12.3. The zero-order valence-corrected chi connectivity index (χ0v) is 16.3. The first-order valence-electron chi connectivity index (χ1n) is 8.84. The lowest BCUT2D eigenvalue weighted by Crippen LogP contribution is -2.39. The van der Waals surface area contributed by atoms with Gasteiger partial charge in [-0.1, -0.05) is 13.8 Å². The first kappa shape index (κ1) is 19.0. The topological polar surface area (TPSA) is 63.3 Å². The van der Waals surface area contributed by atoms with Crippen LogP contribution in [0.15, 0.2) is 23.6 Å². The van der Waals surface area contributed by atoms with Crippen LogP contribution in [0.5, 0.6) is 0 Å². The van der Waals surface area contributed by atoms with E-state index in [1.807, 2.05) is 29.7 Å². The number of aryl methyl sites for hydroxylation is 3. The standard InChI is InChI=1S/C18H31N7/c1-14(2)17-16(13-24(6)22-17)12-23(5)18(19-4)20-8-7-9-25-11-15(3)10-21-25/h10-11,13-14H,7-9,12H2,1-6H3,(H,19,20). The van der Waals surface area contributed by atoms with Crippen LogP contribution in [0.3, 0.4) is 0 Å². The fraction of sp³-hybridized carbons (Fsp3) is 0.611. The molecule has 0 aromatic carbocycles. The van der Waals surface area contributed by atoms with E-state index in [1.54, 1.807) is 0 Å². The van der Waals surface area contributed by atoms with E-state index in [1.165, 1.54) is 11.1 Å². The van der Waals surface area contributed by atoms with Crippen molar-refractivity contribution in [3.05, 3.63) is 35.4 Å². The van der Waals surface area contributed by atoms with Gasteiger partial charge < -0.3 is 10.2 Å². The second kappa shape index (κ2) is 8.69. The van der Waals surface area contributed by atoms with E-state index in [-0.39, 0.29) is 0 Å². The molecule has 25 heavy (non-hydrogen) atoms. The van der Waals surface area contributed by atoms with Gasteiger partial charge in [0.1, 0.15) is 0 Å². The van der Waals surface area contributed by atoms with E-state index in [2.05, 4.69) is 65.6 Å². The number of nitrogens with one attached hydrogen (secondary N) is 1. The summed E-state index contributed by atoms with van der Waals surface area (Å²) in [6.45, 7) is 8.97. The van der Waals surface area contributed by atoms with E-state index < -0.39 is 0 Å². The lowest BCUT2D eigenvalue weighted by Gasteiger charge is -2.22. The van der Waals surface area contributed by atoms with E-state index in [0.717, 1.165) is 37.7 Å². The predicted octanol–water partition coefficient (Wildman–Crippen LogP) is 2.15. The van der Waals surface area contributed by atoms with Crippen LogP contribution in [-0.4, -0.2) is 51.1 Å². The number of aliphatic imine (C=N–C) groups is 1. The molecule has 138 valence electrons. The van der Waals surface area contributed by atoms with Gasteiger partial charge >= 0.3 is 0 Å². The van der Waals surface area contributed by atoms with Gasteiger partial charge in [-0.25, -0.2) is 0 Å². The van der Waals surface area contributed by atoms with Gasteiger partial charge in [-0.2, -0.15) is 10.2 Å². The molecule has 0 atom stereocenters. The summed E-state index contributed by atoms with van der Waals surface area (Å²) in [7, 11) is 5.85. The SMILES string of the molecule is CN=C(NCCCn1cc(C)cn1)N(C)Cc1cn(C)nc1C(C)C. The van der Waals surface area contributed by atoms with Crippen LogP contribution in [-0.2, 0) is 20.1 Å². The van der Waals surface area contributed by atoms with Crippen LogP contribution in [0.1, 0.15) is 43.0 Å². The number of nitrogens with zero attached hydrogens (tertiary/aromatic N) is 6. The molecule has 0 aliphatic rings. The van der Waals surface area contributed by atoms with E-state index >= 15 is 0 Å². The number of rotatable bonds is 7. The highest BCUT2D eigenvalue weighted by Crippen LogP contribution is 2.18. The van der Waals surface area contributed by atoms with Crippen LogP contribution < -0.4 is 5.32 Å². The van der Waals surface area contributed by atoms with E-state index in [4.69, 9.17) is 0 Å². The summed E-state index contributed by atoms with van der Waals surface area (Å²) < 4.78 is 3.87. The second-order valence-corrected chi connectivity index (χ2v) is 6.83. The zero-order valence-electron chi connectivity index (χ0n) is 16.3. The van der Waals surface area contributed by atoms with Crippen LogP contribution in [0.4, 0.5) is 0 Å². The molecule has 0 saturated carbocycles. The van der Waals surface area contributed by atoms with Crippen molar-refractivity contribution >= 4 is 5.96 Å². The lowest BCUT2D eigenvalue weighted by atomic mass is 10.1. The maximum absolute atomic E-state index is 4.58. The summed E-state index contributed by atoms with van der Waals surface area (Å²) in [4.78, 5) is 6.54. The minimum atomic E-state index is 0.414. The minimum absolute atomic E-state index is 0.414. The number of hydrogen-bond acceptors (Lipinski definition) is 3. The predicted molar refractivity (Wildman–Crippen MR) is 102 cm³/mol. The molecule has 2 aromatic heterocycles. The summed E-state index contributed by atoms with van der Waals surface area (Å²) in [6, 6.07) is 0. The third-order valence-corrected chi connectivity index (χ3v) is 4.07. The molecule has 7 nitrogen and oxygen atoms in total. The number of hydrogen-bond donors (Lipinski definition) is 1. The third kappa shape index (κ3) is 5.34. The van der Waals surface area contributed by atoms with Gasteiger partial charge in [-0.3, -0.25) is 14.4 Å². The van der Waals surface area contributed by atoms with Crippen molar-refractivity contribution < 1.29 is 0 Å². The minimum Gasteiger partial charge on any atom is -0.356 e. The summed E-state index contributed by atoms with van der Waals surface area (Å²) in [5.41, 5.74) is 3.59. The smallest absolute Gasteiger partial charge is 0.193 e. The highest BCUT2D eigenvalue weighted by molar-refractivity contribution is 5.79. The third-order valence-electron chi connectivity index (χ3n) is 4.07. The van der Waals surface area contributed by atoms with Crippen molar-refractivity contribution in [2.45, 2.75) is 46.2 Å². The quantitative estimate of drug-likeness (QED) is 0.474. The molecule has 0 bridgehead atoms. The largest absolute Gasteiger partial charge is 0.356 e. The summed E-state index contributed by atoms with van der Waals surface area (Å²) in [6.07, 6.45) is 7.05. The molecule has 0 fully saturated rings. The molecule has 7 heteroatoms. The molecule has 0 aliphatic carbocycles. The molecule has 0 spiro atoms. The molecule has 0 radical (unpaired) electrons. The Hall–Kier alpha value is -2.31. The Bertz CT molecular complexity index is 696. The number of guanidine groups is 1. The Labute approximate surface area is 150 Å². The first-order valence-corrected chi connectivity index (χ1v) is 8.84. The second-order valence-electron chi connectivity index (χ2n) is 6.83. The van der Waals surface area contributed by atoms with Crippen LogP contribution in [0.25, 0.3) is 0 Å². The average molecular weight is 345 g/mol. The van der Waals surface area contributed by atoms with Gasteiger partial charge in [0.2, 0.25) is 0 Å².